The van der Waals surface area contributed by atoms with Gasteiger partial charge in [-0.15, -0.1) is 0 Å². The standard InChI is InChI=1S/C18H15N3O4/c22-18(23)14-9-12-10-5-1-3-7-13(10)19-17(12)16(20-14)11-6-2-4-8-15(11)21(24)25/h1-8,14,16,19-20H,9H2,(H,22,23)/t14-,16+/m0/s1. The summed E-state index contributed by atoms with van der Waals surface area (Å²) >= 11 is 0. The van der Waals surface area contributed by atoms with Gasteiger partial charge in [-0.25, -0.2) is 0 Å². The molecule has 0 unspecified atom stereocenters. The van der Waals surface area contributed by atoms with Crippen LogP contribution in [-0.4, -0.2) is 21.9 Å². The number of nitrogens with one attached hydrogen (secondary N) is 1. The Kier molecular flexibility index (Phi) is 3.51. The highest BCUT2D eigenvalue weighted by Crippen LogP contribution is 2.34. The van der Waals surface area contributed by atoms with Gasteiger partial charge in [0.2, 0.25) is 0 Å². The van der Waals surface area contributed by atoms with Gasteiger partial charge in [-0.1, -0.05) is 30.3 Å². The molecule has 1 aromatic heterocycles. The molecule has 25 heavy (non-hydrogen) atoms. The fourth-order valence-electron chi connectivity index (χ4n) is 3.66. The maximum Gasteiger partial charge on any atom is 0.278 e. The maximum absolute atomic E-state index is 11.5. The van der Waals surface area contributed by atoms with Crippen LogP contribution in [0.1, 0.15) is 22.9 Å². The number of fused-ring (bicyclic) bond motifs is 3. The molecular weight excluding hydrogens is 322 g/mol. The van der Waals surface area contributed by atoms with Gasteiger partial charge in [0.25, 0.3) is 5.69 Å². The molecule has 2 heterocycles. The molecule has 2 aromatic carbocycles. The van der Waals surface area contributed by atoms with Crippen molar-refractivity contribution >= 4 is 22.6 Å². The molecule has 3 aromatic rings. The van der Waals surface area contributed by atoms with Crippen LogP contribution >= 0.6 is 0 Å². The molecule has 3 N–H and O–H groups in total. The Morgan fingerprint density at radius 3 is 2.64 bits per heavy atom. The minimum Gasteiger partial charge on any atom is -0.544 e. The van der Waals surface area contributed by atoms with E-state index >= 15 is 0 Å². The van der Waals surface area contributed by atoms with E-state index in [0.717, 1.165) is 22.2 Å². The molecule has 0 saturated carbocycles. The van der Waals surface area contributed by atoms with Crippen LogP contribution in [0.4, 0.5) is 5.69 Å². The SMILES string of the molecule is O=C([O-])[C@@H]1Cc2c([nH]c3ccccc23)[C@@H](c2ccccc2[N+](=O)[O-])[NH2+]1. The summed E-state index contributed by atoms with van der Waals surface area (Å²) in [7, 11) is 0. The molecule has 0 amide bonds. The molecule has 0 bridgehead atoms. The number of nitrogens with zero attached hydrogens (tertiary/aromatic N) is 1. The quantitative estimate of drug-likeness (QED) is 0.532. The van der Waals surface area contributed by atoms with E-state index in [9.17, 15) is 20.0 Å². The number of carbonyl (C=O) groups is 1. The van der Waals surface area contributed by atoms with E-state index in [1.807, 2.05) is 24.3 Å². The summed E-state index contributed by atoms with van der Waals surface area (Å²) in [6.07, 6.45) is 0.318. The fraction of sp³-hybridized carbons (Fsp3) is 0.167. The number of aromatic nitrogens is 1. The number of aliphatic carboxylic acids is 1. The van der Waals surface area contributed by atoms with Crippen molar-refractivity contribution in [1.82, 2.24) is 4.98 Å². The molecule has 0 saturated heterocycles. The second-order valence-electron chi connectivity index (χ2n) is 6.18. The van der Waals surface area contributed by atoms with E-state index in [4.69, 9.17) is 0 Å². The Labute approximate surface area is 142 Å². The zero-order chi connectivity index (χ0) is 17.6. The highest BCUT2D eigenvalue weighted by atomic mass is 16.6. The molecular formula is C18H15N3O4. The van der Waals surface area contributed by atoms with Gasteiger partial charge < -0.3 is 20.2 Å². The smallest absolute Gasteiger partial charge is 0.278 e. The van der Waals surface area contributed by atoms with Crippen molar-refractivity contribution in [3.05, 3.63) is 75.5 Å². The monoisotopic (exact) mass is 337 g/mol. The number of hydrogen-bond acceptors (Lipinski definition) is 4. The Balaban J connectivity index is 1.94. The number of carbonyl (C=O) groups excluding carboxylic acids is 1. The summed E-state index contributed by atoms with van der Waals surface area (Å²) in [6, 6.07) is 12.8. The van der Waals surface area contributed by atoms with Crippen molar-refractivity contribution in [1.29, 1.82) is 0 Å². The molecule has 0 aliphatic carbocycles. The predicted molar refractivity (Wildman–Crippen MR) is 87.7 cm³/mol. The van der Waals surface area contributed by atoms with Crippen molar-refractivity contribution in [2.75, 3.05) is 0 Å². The number of nitro benzene ring substituents is 1. The van der Waals surface area contributed by atoms with Crippen LogP contribution in [0.15, 0.2) is 48.5 Å². The van der Waals surface area contributed by atoms with Gasteiger partial charge in [0.05, 0.1) is 22.1 Å². The lowest BCUT2D eigenvalue weighted by Gasteiger charge is -2.28. The van der Waals surface area contributed by atoms with Gasteiger partial charge >= 0.3 is 0 Å². The molecule has 7 nitrogen and oxygen atoms in total. The largest absolute Gasteiger partial charge is 0.544 e. The average molecular weight is 337 g/mol. The van der Waals surface area contributed by atoms with Gasteiger partial charge in [0.1, 0.15) is 6.04 Å². The number of quaternary nitrogens is 1. The third kappa shape index (κ3) is 2.45. The van der Waals surface area contributed by atoms with Gasteiger partial charge in [0, 0.05) is 23.4 Å². The zero-order valence-corrected chi connectivity index (χ0v) is 13.1. The van der Waals surface area contributed by atoms with Crippen molar-refractivity contribution < 1.29 is 20.1 Å². The summed E-state index contributed by atoms with van der Waals surface area (Å²) in [4.78, 5) is 25.8. The Morgan fingerprint density at radius 2 is 1.88 bits per heavy atom. The van der Waals surface area contributed by atoms with Gasteiger partial charge in [0.15, 0.2) is 6.04 Å². The summed E-state index contributed by atoms with van der Waals surface area (Å²) in [5.74, 6) is -1.17. The van der Waals surface area contributed by atoms with Crippen molar-refractivity contribution in [3.8, 4) is 0 Å². The second-order valence-corrected chi connectivity index (χ2v) is 6.18. The number of benzene rings is 2. The molecule has 1 aliphatic rings. The summed E-state index contributed by atoms with van der Waals surface area (Å²) < 4.78 is 0. The number of nitrogens with two attached hydrogens (primary N) is 1. The van der Waals surface area contributed by atoms with E-state index in [1.54, 1.807) is 23.5 Å². The molecule has 1 aliphatic heterocycles. The lowest BCUT2D eigenvalue weighted by molar-refractivity contribution is -0.717. The van der Waals surface area contributed by atoms with E-state index in [0.29, 0.717) is 12.0 Å². The average Bonchev–Trinajstić information content (AvgIpc) is 2.99. The molecule has 0 fully saturated rings. The number of rotatable bonds is 3. The summed E-state index contributed by atoms with van der Waals surface area (Å²) in [6.45, 7) is 0. The van der Waals surface area contributed by atoms with Crippen LogP contribution in [0.25, 0.3) is 10.9 Å². The summed E-state index contributed by atoms with van der Waals surface area (Å²) in [5.41, 5.74) is 3.05. The number of para-hydroxylation sites is 2. The number of hydrogen-bond donors (Lipinski definition) is 2. The Bertz CT molecular complexity index is 995. The number of carboxylic acid groups (broad SMARTS) is 1. The lowest BCUT2D eigenvalue weighted by atomic mass is 9.89. The minimum absolute atomic E-state index is 0.0210. The van der Waals surface area contributed by atoms with Crippen LogP contribution in [0.3, 0.4) is 0 Å². The normalized spacial score (nSPS) is 19.5. The van der Waals surface area contributed by atoms with Crippen molar-refractivity contribution in [2.45, 2.75) is 18.5 Å². The first-order chi connectivity index (χ1) is 12.1. The summed E-state index contributed by atoms with van der Waals surface area (Å²) in [5, 5.41) is 25.5. The maximum atomic E-state index is 11.5. The number of aromatic amines is 1. The molecule has 7 heteroatoms. The third-order valence-electron chi connectivity index (χ3n) is 4.78. The second kappa shape index (κ2) is 5.71. The first-order valence-corrected chi connectivity index (χ1v) is 7.95. The predicted octanol–water partition coefficient (Wildman–Crippen LogP) is 0.403. The molecule has 4 rings (SSSR count). The number of H-pyrrole nitrogens is 1. The molecule has 2 atom stereocenters. The first-order valence-electron chi connectivity index (χ1n) is 7.95. The number of nitro groups is 1. The van der Waals surface area contributed by atoms with Gasteiger partial charge in [-0.05, 0) is 17.7 Å². The van der Waals surface area contributed by atoms with Gasteiger partial charge in [-0.2, -0.15) is 0 Å². The van der Waals surface area contributed by atoms with E-state index in [1.165, 1.54) is 6.07 Å². The van der Waals surface area contributed by atoms with E-state index in [2.05, 4.69) is 4.98 Å². The first kappa shape index (κ1) is 15.3. The zero-order valence-electron chi connectivity index (χ0n) is 13.1. The van der Waals surface area contributed by atoms with Crippen molar-refractivity contribution in [3.63, 3.8) is 0 Å². The van der Waals surface area contributed by atoms with E-state index in [-0.39, 0.29) is 5.69 Å². The van der Waals surface area contributed by atoms with Crippen LogP contribution in [0, 0.1) is 10.1 Å². The highest BCUT2D eigenvalue weighted by molar-refractivity contribution is 5.86. The van der Waals surface area contributed by atoms with Crippen LogP contribution in [0.2, 0.25) is 0 Å². The molecule has 126 valence electrons. The van der Waals surface area contributed by atoms with Crippen LogP contribution < -0.4 is 10.4 Å². The lowest BCUT2D eigenvalue weighted by Crippen LogP contribution is -2.95. The third-order valence-corrected chi connectivity index (χ3v) is 4.78. The molecule has 0 spiro atoms. The topological polar surface area (TPSA) is 116 Å². The van der Waals surface area contributed by atoms with Crippen molar-refractivity contribution in [2.24, 2.45) is 0 Å². The highest BCUT2D eigenvalue weighted by Gasteiger charge is 2.37. The fourth-order valence-corrected chi connectivity index (χ4v) is 3.66. The van der Waals surface area contributed by atoms with Crippen LogP contribution in [0.5, 0.6) is 0 Å². The minimum atomic E-state index is -1.17. The number of carboxylic acids is 1. The van der Waals surface area contributed by atoms with E-state index < -0.39 is 23.0 Å². The molecule has 0 radical (unpaired) electrons. The van der Waals surface area contributed by atoms with Crippen LogP contribution in [-0.2, 0) is 11.2 Å². The van der Waals surface area contributed by atoms with Gasteiger partial charge in [-0.3, -0.25) is 10.1 Å². The Morgan fingerprint density at radius 1 is 1.16 bits per heavy atom. The Hall–Kier alpha value is -3.19.